The smallest absolute Gasteiger partial charge is 0.178 e. The summed E-state index contributed by atoms with van der Waals surface area (Å²) < 4.78 is 26.8. The summed E-state index contributed by atoms with van der Waals surface area (Å²) in [6, 6.07) is 6.93. The SMILES string of the molecule is Cc1nn(C2CCS(=O)(=O)c3ccccc32)c(N)c1Br. The Hall–Kier alpha value is -1.34. The second kappa shape index (κ2) is 4.60. The average molecular weight is 356 g/mol. The molecule has 1 atom stereocenters. The maximum absolute atomic E-state index is 12.1. The lowest BCUT2D eigenvalue weighted by atomic mass is 10.0. The zero-order valence-electron chi connectivity index (χ0n) is 10.9. The van der Waals surface area contributed by atoms with Gasteiger partial charge in [0, 0.05) is 0 Å². The lowest BCUT2D eigenvalue weighted by molar-refractivity contribution is 0.487. The summed E-state index contributed by atoms with van der Waals surface area (Å²) in [6.45, 7) is 1.86. The van der Waals surface area contributed by atoms with E-state index >= 15 is 0 Å². The Morgan fingerprint density at radius 2 is 2.10 bits per heavy atom. The Labute approximate surface area is 125 Å². The monoisotopic (exact) mass is 355 g/mol. The minimum absolute atomic E-state index is 0.116. The van der Waals surface area contributed by atoms with E-state index in [0.717, 1.165) is 15.7 Å². The molecule has 3 rings (SSSR count). The van der Waals surface area contributed by atoms with Gasteiger partial charge in [-0.15, -0.1) is 0 Å². The quantitative estimate of drug-likeness (QED) is 0.851. The second-order valence-electron chi connectivity index (χ2n) is 4.89. The first kappa shape index (κ1) is 13.6. The average Bonchev–Trinajstić information content (AvgIpc) is 2.67. The van der Waals surface area contributed by atoms with Crippen molar-refractivity contribution in [3.63, 3.8) is 0 Å². The van der Waals surface area contributed by atoms with Gasteiger partial charge in [-0.1, -0.05) is 18.2 Å². The van der Waals surface area contributed by atoms with E-state index in [2.05, 4.69) is 21.0 Å². The summed E-state index contributed by atoms with van der Waals surface area (Å²) in [6.07, 6.45) is 0.483. The van der Waals surface area contributed by atoms with Crippen molar-refractivity contribution in [3.05, 3.63) is 40.0 Å². The highest BCUT2D eigenvalue weighted by Crippen LogP contribution is 2.37. The van der Waals surface area contributed by atoms with Gasteiger partial charge in [0.1, 0.15) is 5.82 Å². The van der Waals surface area contributed by atoms with Gasteiger partial charge in [-0.05, 0) is 40.9 Å². The Morgan fingerprint density at radius 3 is 2.75 bits per heavy atom. The molecular weight excluding hydrogens is 342 g/mol. The lowest BCUT2D eigenvalue weighted by Gasteiger charge is -2.26. The van der Waals surface area contributed by atoms with Crippen molar-refractivity contribution >= 4 is 31.6 Å². The molecule has 106 valence electrons. The molecule has 1 aliphatic heterocycles. The van der Waals surface area contributed by atoms with E-state index in [1.54, 1.807) is 16.8 Å². The first-order valence-corrected chi connectivity index (χ1v) is 8.68. The molecule has 1 aromatic heterocycles. The van der Waals surface area contributed by atoms with E-state index in [4.69, 9.17) is 5.73 Å². The van der Waals surface area contributed by atoms with Gasteiger partial charge < -0.3 is 5.73 Å². The maximum Gasteiger partial charge on any atom is 0.178 e. The molecule has 0 radical (unpaired) electrons. The summed E-state index contributed by atoms with van der Waals surface area (Å²) in [4.78, 5) is 0.389. The first-order valence-electron chi connectivity index (χ1n) is 6.23. The number of aromatic nitrogens is 2. The molecule has 0 spiro atoms. The molecule has 0 saturated heterocycles. The molecule has 1 aliphatic rings. The summed E-state index contributed by atoms with van der Waals surface area (Å²) >= 11 is 3.40. The Morgan fingerprint density at radius 1 is 1.40 bits per heavy atom. The van der Waals surface area contributed by atoms with Gasteiger partial charge in [0.2, 0.25) is 0 Å². The fourth-order valence-electron chi connectivity index (χ4n) is 2.61. The Bertz CT molecular complexity index is 783. The molecule has 0 aliphatic carbocycles. The van der Waals surface area contributed by atoms with Crippen LogP contribution in [0.15, 0.2) is 33.6 Å². The number of sulfone groups is 1. The zero-order chi connectivity index (χ0) is 14.5. The Kier molecular flexibility index (Phi) is 3.13. The van der Waals surface area contributed by atoms with Crippen molar-refractivity contribution in [3.8, 4) is 0 Å². The predicted octanol–water partition coefficient (Wildman–Crippen LogP) is 2.30. The zero-order valence-corrected chi connectivity index (χ0v) is 13.3. The van der Waals surface area contributed by atoms with Crippen molar-refractivity contribution in [1.82, 2.24) is 9.78 Å². The number of halogens is 1. The van der Waals surface area contributed by atoms with Gasteiger partial charge in [0.15, 0.2) is 9.84 Å². The number of nitrogen functional groups attached to an aromatic ring is 1. The summed E-state index contributed by atoms with van der Waals surface area (Å²) in [5.74, 6) is 0.645. The predicted molar refractivity (Wildman–Crippen MR) is 80.3 cm³/mol. The van der Waals surface area contributed by atoms with E-state index in [9.17, 15) is 8.42 Å². The molecule has 0 fully saturated rings. The van der Waals surface area contributed by atoms with Gasteiger partial charge in [-0.3, -0.25) is 0 Å². The van der Waals surface area contributed by atoms with Crippen molar-refractivity contribution in [2.45, 2.75) is 24.3 Å². The van der Waals surface area contributed by atoms with E-state index < -0.39 is 9.84 Å². The number of rotatable bonds is 1. The molecule has 5 nitrogen and oxygen atoms in total. The van der Waals surface area contributed by atoms with Crippen LogP contribution in [0.5, 0.6) is 0 Å². The van der Waals surface area contributed by atoms with Gasteiger partial charge in [0.05, 0.1) is 26.9 Å². The third-order valence-electron chi connectivity index (χ3n) is 3.62. The van der Waals surface area contributed by atoms with Gasteiger partial charge >= 0.3 is 0 Å². The molecule has 7 heteroatoms. The van der Waals surface area contributed by atoms with Crippen LogP contribution in [0, 0.1) is 6.92 Å². The van der Waals surface area contributed by atoms with Crippen LogP contribution in [-0.4, -0.2) is 24.0 Å². The number of nitrogens with two attached hydrogens (primary N) is 1. The minimum atomic E-state index is -3.19. The van der Waals surface area contributed by atoms with Gasteiger partial charge in [-0.25, -0.2) is 13.1 Å². The van der Waals surface area contributed by atoms with Crippen LogP contribution < -0.4 is 5.73 Å². The van der Waals surface area contributed by atoms with Crippen molar-refractivity contribution in [2.24, 2.45) is 0 Å². The van der Waals surface area contributed by atoms with E-state index in [0.29, 0.717) is 17.1 Å². The summed E-state index contributed by atoms with van der Waals surface area (Å²) in [5, 5.41) is 4.43. The number of hydrogen-bond acceptors (Lipinski definition) is 4. The topological polar surface area (TPSA) is 78.0 Å². The summed E-state index contributed by atoms with van der Waals surface area (Å²) in [5.41, 5.74) is 7.63. The second-order valence-corrected chi connectivity index (χ2v) is 7.76. The molecule has 2 N–H and O–H groups in total. The van der Waals surface area contributed by atoms with Gasteiger partial charge in [0.25, 0.3) is 0 Å². The highest BCUT2D eigenvalue weighted by Gasteiger charge is 2.32. The molecule has 0 saturated carbocycles. The highest BCUT2D eigenvalue weighted by atomic mass is 79.9. The lowest BCUT2D eigenvalue weighted by Crippen LogP contribution is -2.25. The standard InChI is InChI=1S/C13H14BrN3O2S/c1-8-12(14)13(15)17(16-8)10-6-7-20(18,19)11-5-3-2-4-9(10)11/h2-5,10H,6-7,15H2,1H3. The number of nitrogens with zero attached hydrogens (tertiary/aromatic N) is 2. The number of aryl methyl sites for hydroxylation is 1. The molecule has 1 aromatic carbocycles. The van der Waals surface area contributed by atoms with Gasteiger partial charge in [-0.2, -0.15) is 5.10 Å². The third kappa shape index (κ3) is 1.96. The molecule has 0 amide bonds. The maximum atomic E-state index is 12.1. The van der Waals surface area contributed by atoms with Crippen LogP contribution in [0.25, 0.3) is 0 Å². The van der Waals surface area contributed by atoms with Crippen molar-refractivity contribution in [1.29, 1.82) is 0 Å². The van der Waals surface area contributed by atoms with Crippen molar-refractivity contribution in [2.75, 3.05) is 11.5 Å². The summed E-state index contributed by atoms with van der Waals surface area (Å²) in [7, 11) is -3.19. The Balaban J connectivity index is 2.20. The number of hydrogen-bond donors (Lipinski definition) is 1. The van der Waals surface area contributed by atoms with Crippen LogP contribution in [0.4, 0.5) is 5.82 Å². The number of anilines is 1. The molecular formula is C13H14BrN3O2S. The molecule has 2 aromatic rings. The van der Waals surface area contributed by atoms with E-state index in [-0.39, 0.29) is 11.8 Å². The molecule has 0 bridgehead atoms. The minimum Gasteiger partial charge on any atom is -0.383 e. The van der Waals surface area contributed by atoms with Crippen LogP contribution in [0.3, 0.4) is 0 Å². The van der Waals surface area contributed by atoms with Crippen LogP contribution in [0.2, 0.25) is 0 Å². The number of benzene rings is 1. The normalized spacial score (nSPS) is 20.6. The molecule has 20 heavy (non-hydrogen) atoms. The fourth-order valence-corrected chi connectivity index (χ4v) is 4.47. The van der Waals surface area contributed by atoms with Crippen molar-refractivity contribution < 1.29 is 8.42 Å². The molecule has 2 heterocycles. The molecule has 1 unspecified atom stereocenters. The van der Waals surface area contributed by atoms with Crippen LogP contribution in [0.1, 0.15) is 23.7 Å². The van der Waals surface area contributed by atoms with E-state index in [1.807, 2.05) is 19.1 Å². The largest absolute Gasteiger partial charge is 0.383 e. The highest BCUT2D eigenvalue weighted by molar-refractivity contribution is 9.10. The first-order chi connectivity index (χ1) is 9.42. The van der Waals surface area contributed by atoms with Crippen LogP contribution in [-0.2, 0) is 9.84 Å². The van der Waals surface area contributed by atoms with E-state index in [1.165, 1.54) is 0 Å². The van der Waals surface area contributed by atoms with Crippen LogP contribution >= 0.6 is 15.9 Å². The fraction of sp³-hybridized carbons (Fsp3) is 0.308. The third-order valence-corrected chi connectivity index (χ3v) is 6.41. The number of fused-ring (bicyclic) bond motifs is 1.